The molecule has 5 nitrogen and oxygen atoms in total. The molecular weight excluding hydrogens is 222 g/mol. The number of rotatable bonds is 4. The molecule has 0 saturated heterocycles. The number of nitrogens with two attached hydrogens (primary N) is 1. The van der Waals surface area contributed by atoms with Gasteiger partial charge in [-0.25, -0.2) is 0 Å². The van der Waals surface area contributed by atoms with Crippen LogP contribution in [-0.2, 0) is 16.0 Å². The summed E-state index contributed by atoms with van der Waals surface area (Å²) in [7, 11) is 1.37. The molecule has 2 rings (SSSR count). The summed E-state index contributed by atoms with van der Waals surface area (Å²) in [6.45, 7) is 0.511. The lowest BCUT2D eigenvalue weighted by Gasteiger charge is -2.12. The molecule has 0 amide bonds. The van der Waals surface area contributed by atoms with Gasteiger partial charge in [0.1, 0.15) is 0 Å². The summed E-state index contributed by atoms with van der Waals surface area (Å²) in [5.41, 5.74) is 6.53. The summed E-state index contributed by atoms with van der Waals surface area (Å²) in [5.74, 6) is 0.838. The van der Waals surface area contributed by atoms with Crippen LogP contribution in [0.5, 0.6) is 11.5 Å². The predicted molar refractivity (Wildman–Crippen MR) is 60.8 cm³/mol. The Kier molecular flexibility index (Phi) is 3.49. The van der Waals surface area contributed by atoms with E-state index in [2.05, 4.69) is 0 Å². The molecule has 0 radical (unpaired) electrons. The third-order valence-electron chi connectivity index (χ3n) is 2.74. The Hall–Kier alpha value is -1.75. The monoisotopic (exact) mass is 237 g/mol. The number of methoxy groups -OCH3 is 1. The second-order valence-corrected chi connectivity index (χ2v) is 3.85. The third kappa shape index (κ3) is 2.50. The Morgan fingerprint density at radius 2 is 2.24 bits per heavy atom. The molecule has 0 unspecified atom stereocenters. The molecule has 92 valence electrons. The molecule has 17 heavy (non-hydrogen) atoms. The fourth-order valence-corrected chi connectivity index (χ4v) is 1.78. The van der Waals surface area contributed by atoms with E-state index in [1.807, 2.05) is 18.2 Å². The molecule has 0 aliphatic carbocycles. The van der Waals surface area contributed by atoms with Crippen LogP contribution >= 0.6 is 0 Å². The van der Waals surface area contributed by atoms with Crippen molar-refractivity contribution < 1.29 is 19.0 Å². The molecular formula is C12H15NO4. The number of ether oxygens (including phenoxy) is 3. The number of carbonyl (C=O) groups excluding carboxylic acids is 1. The molecule has 5 heteroatoms. The summed E-state index contributed by atoms with van der Waals surface area (Å²) >= 11 is 0. The van der Waals surface area contributed by atoms with Crippen molar-refractivity contribution >= 4 is 5.97 Å². The normalized spacial score (nSPS) is 14.5. The SMILES string of the molecule is COC(=O)[C@H](CN)Cc1ccc2c(c1)OCO2. The van der Waals surface area contributed by atoms with E-state index in [9.17, 15) is 4.79 Å². The minimum Gasteiger partial charge on any atom is -0.469 e. The molecule has 0 spiro atoms. The first-order valence-electron chi connectivity index (χ1n) is 5.41. The summed E-state index contributed by atoms with van der Waals surface area (Å²) in [6, 6.07) is 5.61. The fraction of sp³-hybridized carbons (Fsp3) is 0.417. The highest BCUT2D eigenvalue weighted by molar-refractivity contribution is 5.73. The zero-order valence-corrected chi connectivity index (χ0v) is 9.64. The number of hydrogen-bond acceptors (Lipinski definition) is 5. The first-order chi connectivity index (χ1) is 8.24. The van der Waals surface area contributed by atoms with Crippen molar-refractivity contribution in [2.24, 2.45) is 11.7 Å². The van der Waals surface area contributed by atoms with E-state index in [4.69, 9.17) is 19.9 Å². The Labute approximate surface area is 99.5 Å². The predicted octanol–water partition coefficient (Wildman–Crippen LogP) is 0.706. The number of carbonyl (C=O) groups is 1. The van der Waals surface area contributed by atoms with Gasteiger partial charge in [-0.05, 0) is 24.1 Å². The number of benzene rings is 1. The van der Waals surface area contributed by atoms with E-state index >= 15 is 0 Å². The standard InChI is InChI=1S/C12H15NO4/c1-15-12(14)9(6-13)4-8-2-3-10-11(5-8)17-7-16-10/h2-3,5,9H,4,6-7,13H2,1H3/t9-/m0/s1. The zero-order valence-electron chi connectivity index (χ0n) is 9.64. The fourth-order valence-electron chi connectivity index (χ4n) is 1.78. The minimum atomic E-state index is -0.319. The third-order valence-corrected chi connectivity index (χ3v) is 2.74. The lowest BCUT2D eigenvalue weighted by molar-refractivity contribution is -0.145. The summed E-state index contributed by atoms with van der Waals surface area (Å²) in [5, 5.41) is 0. The Morgan fingerprint density at radius 3 is 2.94 bits per heavy atom. The van der Waals surface area contributed by atoms with Crippen LogP contribution in [-0.4, -0.2) is 26.4 Å². The smallest absolute Gasteiger partial charge is 0.310 e. The summed E-state index contributed by atoms with van der Waals surface area (Å²) < 4.78 is 15.2. The van der Waals surface area contributed by atoms with E-state index in [-0.39, 0.29) is 25.2 Å². The summed E-state index contributed by atoms with van der Waals surface area (Å²) in [6.07, 6.45) is 0.541. The van der Waals surface area contributed by atoms with Crippen LogP contribution in [0.2, 0.25) is 0 Å². The molecule has 1 atom stereocenters. The number of hydrogen-bond donors (Lipinski definition) is 1. The minimum absolute atomic E-state index is 0.246. The van der Waals surface area contributed by atoms with Crippen LogP contribution in [0.3, 0.4) is 0 Å². The second-order valence-electron chi connectivity index (χ2n) is 3.85. The van der Waals surface area contributed by atoms with Crippen LogP contribution in [0, 0.1) is 5.92 Å². The molecule has 1 aliphatic heterocycles. The molecule has 1 aromatic rings. The lowest BCUT2D eigenvalue weighted by atomic mass is 9.99. The van der Waals surface area contributed by atoms with Crippen molar-refractivity contribution in [3.8, 4) is 11.5 Å². The van der Waals surface area contributed by atoms with Gasteiger partial charge < -0.3 is 19.9 Å². The van der Waals surface area contributed by atoms with Crippen LogP contribution < -0.4 is 15.2 Å². The van der Waals surface area contributed by atoms with Crippen LogP contribution in [0.15, 0.2) is 18.2 Å². The van der Waals surface area contributed by atoms with Crippen molar-refractivity contribution in [3.05, 3.63) is 23.8 Å². The molecule has 0 saturated carbocycles. The maximum absolute atomic E-state index is 11.4. The van der Waals surface area contributed by atoms with Crippen LogP contribution in [0.25, 0.3) is 0 Å². The highest BCUT2D eigenvalue weighted by Gasteiger charge is 2.20. The van der Waals surface area contributed by atoms with E-state index in [0.717, 1.165) is 11.3 Å². The molecule has 0 fully saturated rings. The highest BCUT2D eigenvalue weighted by Crippen LogP contribution is 2.33. The van der Waals surface area contributed by atoms with Gasteiger partial charge in [0, 0.05) is 6.54 Å². The van der Waals surface area contributed by atoms with Crippen molar-refractivity contribution in [1.82, 2.24) is 0 Å². The van der Waals surface area contributed by atoms with Gasteiger partial charge in [0.25, 0.3) is 0 Å². The van der Waals surface area contributed by atoms with Gasteiger partial charge in [0.15, 0.2) is 11.5 Å². The quantitative estimate of drug-likeness (QED) is 0.781. The zero-order chi connectivity index (χ0) is 12.3. The topological polar surface area (TPSA) is 70.8 Å². The van der Waals surface area contributed by atoms with Gasteiger partial charge in [0.2, 0.25) is 6.79 Å². The van der Waals surface area contributed by atoms with Crippen LogP contribution in [0.1, 0.15) is 5.56 Å². The Bertz CT molecular complexity index is 419. The second kappa shape index (κ2) is 5.05. The number of esters is 1. The lowest BCUT2D eigenvalue weighted by Crippen LogP contribution is -2.26. The first-order valence-corrected chi connectivity index (χ1v) is 5.41. The van der Waals surface area contributed by atoms with E-state index in [1.54, 1.807) is 0 Å². The van der Waals surface area contributed by atoms with Crippen molar-refractivity contribution in [2.75, 3.05) is 20.4 Å². The largest absolute Gasteiger partial charge is 0.469 e. The van der Waals surface area contributed by atoms with Crippen molar-refractivity contribution in [1.29, 1.82) is 0 Å². The van der Waals surface area contributed by atoms with Gasteiger partial charge in [-0.2, -0.15) is 0 Å². The average Bonchev–Trinajstić information content (AvgIpc) is 2.82. The van der Waals surface area contributed by atoms with Gasteiger partial charge in [-0.15, -0.1) is 0 Å². The molecule has 0 bridgehead atoms. The summed E-state index contributed by atoms with van der Waals surface area (Å²) in [4.78, 5) is 11.4. The Balaban J connectivity index is 2.10. The maximum atomic E-state index is 11.4. The molecule has 1 aromatic carbocycles. The van der Waals surface area contributed by atoms with E-state index in [0.29, 0.717) is 12.2 Å². The molecule has 1 aliphatic rings. The highest BCUT2D eigenvalue weighted by atomic mass is 16.7. The van der Waals surface area contributed by atoms with Gasteiger partial charge in [-0.1, -0.05) is 6.07 Å². The van der Waals surface area contributed by atoms with E-state index < -0.39 is 0 Å². The molecule has 2 N–H and O–H groups in total. The maximum Gasteiger partial charge on any atom is 0.310 e. The Morgan fingerprint density at radius 1 is 1.47 bits per heavy atom. The van der Waals surface area contributed by atoms with Gasteiger partial charge in [0.05, 0.1) is 13.0 Å². The van der Waals surface area contributed by atoms with Gasteiger partial charge >= 0.3 is 5.97 Å². The molecule has 0 aromatic heterocycles. The number of fused-ring (bicyclic) bond motifs is 1. The van der Waals surface area contributed by atoms with E-state index in [1.165, 1.54) is 7.11 Å². The van der Waals surface area contributed by atoms with Crippen LogP contribution in [0.4, 0.5) is 0 Å². The van der Waals surface area contributed by atoms with Gasteiger partial charge in [-0.3, -0.25) is 4.79 Å². The molecule has 1 heterocycles. The first kappa shape index (κ1) is 11.7. The van der Waals surface area contributed by atoms with Crippen molar-refractivity contribution in [3.63, 3.8) is 0 Å². The van der Waals surface area contributed by atoms with Crippen molar-refractivity contribution in [2.45, 2.75) is 6.42 Å². The average molecular weight is 237 g/mol.